The Kier molecular flexibility index (Phi) is 15.0. The van der Waals surface area contributed by atoms with Gasteiger partial charge in [0.2, 0.25) is 0 Å². The fourth-order valence-corrected chi connectivity index (χ4v) is 0.967. The molecule has 18 heavy (non-hydrogen) atoms. The lowest BCUT2D eigenvalue weighted by molar-refractivity contribution is 0.0335. The van der Waals surface area contributed by atoms with Crippen molar-refractivity contribution in [2.75, 3.05) is 13.2 Å². The molecule has 0 aliphatic heterocycles. The Balaban J connectivity index is 0. The van der Waals surface area contributed by atoms with Gasteiger partial charge in [-0.1, -0.05) is 0 Å². The second kappa shape index (κ2) is 13.3. The molecular weight excluding hydrogens is 231 g/mol. The minimum absolute atomic E-state index is 0.113. The molecule has 0 aliphatic carbocycles. The first-order chi connectivity index (χ1) is 8.33. The van der Waals surface area contributed by atoms with Crippen LogP contribution in [0.1, 0.15) is 55.4 Å². The van der Waals surface area contributed by atoms with Crippen molar-refractivity contribution >= 4 is 7.32 Å². The summed E-state index contributed by atoms with van der Waals surface area (Å²) in [6.07, 6.45) is 0.340. The number of ether oxygens (including phenoxy) is 1. The van der Waals surface area contributed by atoms with E-state index in [9.17, 15) is 0 Å². The highest BCUT2D eigenvalue weighted by atomic mass is 16.7. The molecule has 0 rings (SSSR count). The van der Waals surface area contributed by atoms with Crippen LogP contribution >= 0.6 is 0 Å². The van der Waals surface area contributed by atoms with Crippen LogP contribution in [-0.4, -0.2) is 38.8 Å². The van der Waals surface area contributed by atoms with E-state index in [1.807, 2.05) is 55.4 Å². The van der Waals surface area contributed by atoms with Gasteiger partial charge in [0, 0.05) is 31.5 Å². The Morgan fingerprint density at radius 1 is 0.667 bits per heavy atom. The van der Waals surface area contributed by atoms with Crippen LogP contribution in [-0.2, 0) is 18.7 Å². The second-order valence-electron chi connectivity index (χ2n) is 4.62. The monoisotopic (exact) mass is 262 g/mol. The van der Waals surface area contributed by atoms with E-state index in [-0.39, 0.29) is 18.3 Å². The molecule has 0 unspecified atom stereocenters. The zero-order valence-corrected chi connectivity index (χ0v) is 13.4. The minimum atomic E-state index is -0.542. The molecule has 110 valence electrons. The SMILES string of the molecule is CC(C)OB(OC(C)C)OC(C)C.CCOCC. The number of hydrogen-bond donors (Lipinski definition) is 0. The molecule has 0 radical (unpaired) electrons. The fraction of sp³-hybridized carbons (Fsp3) is 1.00. The lowest BCUT2D eigenvalue weighted by Gasteiger charge is -2.20. The van der Waals surface area contributed by atoms with Crippen molar-refractivity contribution in [3.05, 3.63) is 0 Å². The molecule has 0 N–H and O–H groups in total. The Morgan fingerprint density at radius 3 is 1.06 bits per heavy atom. The smallest absolute Gasteiger partial charge is 0.384 e. The van der Waals surface area contributed by atoms with Crippen LogP contribution in [0.4, 0.5) is 0 Å². The molecule has 0 aromatic rings. The first-order valence-electron chi connectivity index (χ1n) is 6.87. The standard InChI is InChI=1S/C9H21BO3.C4H10O/c1-7(2)11-10(12-8(3)4)13-9(5)6;1-3-5-4-2/h7-9H,1-6H3;3-4H2,1-2H3. The van der Waals surface area contributed by atoms with Crippen molar-refractivity contribution in [1.29, 1.82) is 0 Å². The molecule has 0 heterocycles. The molecule has 0 aliphatic rings. The lowest BCUT2D eigenvalue weighted by Crippen LogP contribution is -2.34. The summed E-state index contributed by atoms with van der Waals surface area (Å²) in [4.78, 5) is 0. The average Bonchev–Trinajstić information content (AvgIpc) is 2.16. The van der Waals surface area contributed by atoms with Gasteiger partial charge in [-0.15, -0.1) is 0 Å². The van der Waals surface area contributed by atoms with E-state index < -0.39 is 7.32 Å². The topological polar surface area (TPSA) is 36.9 Å². The summed E-state index contributed by atoms with van der Waals surface area (Å²) in [5.74, 6) is 0. The van der Waals surface area contributed by atoms with E-state index in [2.05, 4.69) is 0 Å². The molecule has 0 aromatic carbocycles. The van der Waals surface area contributed by atoms with Crippen LogP contribution in [0.15, 0.2) is 0 Å². The van der Waals surface area contributed by atoms with Gasteiger partial charge in [-0.3, -0.25) is 0 Å². The maximum absolute atomic E-state index is 5.43. The molecule has 5 heteroatoms. The van der Waals surface area contributed by atoms with Crippen molar-refractivity contribution in [2.45, 2.75) is 73.7 Å². The summed E-state index contributed by atoms with van der Waals surface area (Å²) in [5, 5.41) is 0. The van der Waals surface area contributed by atoms with Gasteiger partial charge >= 0.3 is 7.32 Å². The third-order valence-electron chi connectivity index (χ3n) is 1.56. The molecule has 0 saturated carbocycles. The Hall–Kier alpha value is -0.0951. The van der Waals surface area contributed by atoms with Crippen LogP contribution in [0.5, 0.6) is 0 Å². The quantitative estimate of drug-likeness (QED) is 0.629. The van der Waals surface area contributed by atoms with Crippen molar-refractivity contribution in [1.82, 2.24) is 0 Å². The third kappa shape index (κ3) is 18.3. The predicted molar refractivity (Wildman–Crippen MR) is 76.6 cm³/mol. The molecule has 0 fully saturated rings. The van der Waals surface area contributed by atoms with Gasteiger partial charge in [0.15, 0.2) is 0 Å². The molecule has 0 atom stereocenters. The van der Waals surface area contributed by atoms with Gasteiger partial charge in [-0.05, 0) is 55.4 Å². The van der Waals surface area contributed by atoms with Gasteiger partial charge < -0.3 is 18.7 Å². The van der Waals surface area contributed by atoms with Gasteiger partial charge in [0.1, 0.15) is 0 Å². The van der Waals surface area contributed by atoms with Crippen LogP contribution < -0.4 is 0 Å². The van der Waals surface area contributed by atoms with Crippen LogP contribution in [0, 0.1) is 0 Å². The second-order valence-corrected chi connectivity index (χ2v) is 4.62. The van der Waals surface area contributed by atoms with Gasteiger partial charge in [0.05, 0.1) is 0 Å². The largest absolute Gasteiger partial charge is 0.639 e. The molecule has 0 amide bonds. The zero-order chi connectivity index (χ0) is 14.6. The predicted octanol–water partition coefficient (Wildman–Crippen LogP) is 3.29. The molecule has 0 spiro atoms. The summed E-state index contributed by atoms with van der Waals surface area (Å²) in [7, 11) is -0.542. The zero-order valence-electron chi connectivity index (χ0n) is 13.4. The van der Waals surface area contributed by atoms with Crippen LogP contribution in [0.2, 0.25) is 0 Å². The van der Waals surface area contributed by atoms with E-state index in [0.717, 1.165) is 13.2 Å². The highest BCUT2D eigenvalue weighted by Crippen LogP contribution is 2.04. The van der Waals surface area contributed by atoms with Crippen molar-refractivity contribution < 1.29 is 18.7 Å². The van der Waals surface area contributed by atoms with Gasteiger partial charge in [-0.25, -0.2) is 0 Å². The number of hydrogen-bond acceptors (Lipinski definition) is 4. The number of rotatable bonds is 8. The maximum Gasteiger partial charge on any atom is 0.639 e. The van der Waals surface area contributed by atoms with E-state index >= 15 is 0 Å². The van der Waals surface area contributed by atoms with Gasteiger partial charge in [-0.2, -0.15) is 0 Å². The minimum Gasteiger partial charge on any atom is -0.384 e. The van der Waals surface area contributed by atoms with Crippen molar-refractivity contribution in [3.63, 3.8) is 0 Å². The normalized spacial score (nSPS) is 10.8. The van der Waals surface area contributed by atoms with E-state index in [1.54, 1.807) is 0 Å². The summed E-state index contributed by atoms with van der Waals surface area (Å²) < 4.78 is 21.1. The summed E-state index contributed by atoms with van der Waals surface area (Å²) in [5.41, 5.74) is 0. The summed E-state index contributed by atoms with van der Waals surface area (Å²) in [6, 6.07) is 0. The van der Waals surface area contributed by atoms with E-state index in [1.165, 1.54) is 0 Å². The average molecular weight is 262 g/mol. The van der Waals surface area contributed by atoms with Crippen LogP contribution in [0.3, 0.4) is 0 Å². The molecule has 0 aromatic heterocycles. The Bertz CT molecular complexity index is 137. The molecule has 4 nitrogen and oxygen atoms in total. The van der Waals surface area contributed by atoms with Crippen molar-refractivity contribution in [3.8, 4) is 0 Å². The van der Waals surface area contributed by atoms with E-state index in [4.69, 9.17) is 18.7 Å². The molecular formula is C13H31BO4. The van der Waals surface area contributed by atoms with Crippen LogP contribution in [0.25, 0.3) is 0 Å². The Labute approximate surface area is 114 Å². The maximum atomic E-state index is 5.43. The third-order valence-corrected chi connectivity index (χ3v) is 1.56. The summed E-state index contributed by atoms with van der Waals surface area (Å²) in [6.45, 7) is 17.4. The molecule has 0 saturated heterocycles. The summed E-state index contributed by atoms with van der Waals surface area (Å²) >= 11 is 0. The van der Waals surface area contributed by atoms with E-state index in [0.29, 0.717) is 0 Å². The lowest BCUT2D eigenvalue weighted by atomic mass is 10.2. The van der Waals surface area contributed by atoms with Gasteiger partial charge in [0.25, 0.3) is 0 Å². The molecule has 0 bridgehead atoms. The highest BCUT2D eigenvalue weighted by molar-refractivity contribution is 6.36. The Morgan fingerprint density at radius 2 is 0.944 bits per heavy atom. The first-order valence-corrected chi connectivity index (χ1v) is 6.87. The van der Waals surface area contributed by atoms with Crippen molar-refractivity contribution in [2.24, 2.45) is 0 Å². The fourth-order valence-electron chi connectivity index (χ4n) is 0.967. The highest BCUT2D eigenvalue weighted by Gasteiger charge is 2.25. The first kappa shape index (κ1) is 20.2.